The summed E-state index contributed by atoms with van der Waals surface area (Å²) < 4.78 is 10.6. The molecule has 0 unspecified atom stereocenters. The first-order valence-electron chi connectivity index (χ1n) is 9.00. The minimum absolute atomic E-state index is 0.114. The van der Waals surface area contributed by atoms with Crippen LogP contribution in [-0.4, -0.2) is 32.7 Å². The van der Waals surface area contributed by atoms with Crippen molar-refractivity contribution in [2.24, 2.45) is 0 Å². The lowest BCUT2D eigenvalue weighted by atomic mass is 9.88. The number of aryl methyl sites for hydroxylation is 1. The second-order valence-electron chi connectivity index (χ2n) is 6.28. The van der Waals surface area contributed by atoms with E-state index >= 15 is 0 Å². The highest BCUT2D eigenvalue weighted by Crippen LogP contribution is 2.21. The Balaban J connectivity index is 1.98. The summed E-state index contributed by atoms with van der Waals surface area (Å²) in [5.74, 6) is 0.334. The van der Waals surface area contributed by atoms with E-state index in [0.717, 1.165) is 0 Å². The van der Waals surface area contributed by atoms with E-state index < -0.39 is 11.5 Å². The van der Waals surface area contributed by atoms with Crippen LogP contribution in [0.4, 0.5) is 0 Å². The van der Waals surface area contributed by atoms with Crippen molar-refractivity contribution in [1.29, 1.82) is 0 Å². The Morgan fingerprint density at radius 1 is 1.19 bits per heavy atom. The van der Waals surface area contributed by atoms with Crippen LogP contribution >= 0.6 is 0 Å². The lowest BCUT2D eigenvalue weighted by molar-refractivity contribution is -0.138. The van der Waals surface area contributed by atoms with Gasteiger partial charge in [-0.3, -0.25) is 9.59 Å². The number of nitrogens with one attached hydrogen (secondary N) is 1. The molecule has 1 heterocycles. The van der Waals surface area contributed by atoms with Gasteiger partial charge >= 0.3 is 5.97 Å². The standard InChI is InChI=1S/C19H25N3O5/c1-4-16-20-15(22-27-16)12-26-14-9-7-13(8-10-14)18(25)21-19(5-2,6-3)11-17(23)24/h7-10H,4-6,11-12H2,1-3H3,(H,21,25)(H,23,24). The minimum atomic E-state index is -0.935. The monoisotopic (exact) mass is 375 g/mol. The number of amides is 1. The number of carbonyl (C=O) groups excluding carboxylic acids is 1. The van der Waals surface area contributed by atoms with Crippen molar-refractivity contribution in [2.45, 2.75) is 58.6 Å². The number of carboxylic acids is 1. The van der Waals surface area contributed by atoms with Crippen LogP contribution in [0, 0.1) is 0 Å². The number of aliphatic carboxylic acids is 1. The fraction of sp³-hybridized carbons (Fsp3) is 0.474. The van der Waals surface area contributed by atoms with E-state index in [-0.39, 0.29) is 18.9 Å². The Morgan fingerprint density at radius 3 is 2.37 bits per heavy atom. The van der Waals surface area contributed by atoms with Gasteiger partial charge in [0.05, 0.1) is 12.0 Å². The molecule has 8 heteroatoms. The molecular weight excluding hydrogens is 350 g/mol. The third-order valence-corrected chi connectivity index (χ3v) is 4.52. The number of nitrogens with zero attached hydrogens (tertiary/aromatic N) is 2. The fourth-order valence-corrected chi connectivity index (χ4v) is 2.67. The van der Waals surface area contributed by atoms with Crippen LogP contribution in [0.1, 0.15) is 62.1 Å². The second kappa shape index (κ2) is 9.16. The van der Waals surface area contributed by atoms with E-state index in [1.54, 1.807) is 24.3 Å². The van der Waals surface area contributed by atoms with Gasteiger partial charge in [-0.15, -0.1) is 0 Å². The number of hydrogen-bond donors (Lipinski definition) is 2. The van der Waals surface area contributed by atoms with Gasteiger partial charge in [-0.2, -0.15) is 4.98 Å². The van der Waals surface area contributed by atoms with Crippen molar-refractivity contribution in [3.63, 3.8) is 0 Å². The number of benzene rings is 1. The van der Waals surface area contributed by atoms with Gasteiger partial charge in [0.1, 0.15) is 5.75 Å². The van der Waals surface area contributed by atoms with Crippen LogP contribution in [0.2, 0.25) is 0 Å². The largest absolute Gasteiger partial charge is 0.485 e. The van der Waals surface area contributed by atoms with E-state index in [2.05, 4.69) is 15.5 Å². The Labute approximate surface area is 157 Å². The molecule has 0 aliphatic carbocycles. The predicted molar refractivity (Wildman–Crippen MR) is 97.5 cm³/mol. The highest BCUT2D eigenvalue weighted by molar-refractivity contribution is 5.95. The topological polar surface area (TPSA) is 115 Å². The first-order chi connectivity index (χ1) is 12.9. The van der Waals surface area contributed by atoms with Crippen molar-refractivity contribution in [1.82, 2.24) is 15.5 Å². The lowest BCUT2D eigenvalue weighted by Crippen LogP contribution is -2.49. The molecule has 1 aromatic carbocycles. The summed E-state index contributed by atoms with van der Waals surface area (Å²) in [6, 6.07) is 6.61. The van der Waals surface area contributed by atoms with E-state index in [0.29, 0.717) is 42.3 Å². The number of ether oxygens (including phenoxy) is 1. The molecule has 1 amide bonds. The Bertz CT molecular complexity index is 766. The average molecular weight is 375 g/mol. The molecule has 0 saturated carbocycles. The van der Waals surface area contributed by atoms with Gasteiger partial charge in [-0.1, -0.05) is 25.9 Å². The van der Waals surface area contributed by atoms with Crippen LogP contribution in [-0.2, 0) is 17.8 Å². The summed E-state index contributed by atoms with van der Waals surface area (Å²) in [7, 11) is 0. The molecule has 0 fully saturated rings. The van der Waals surface area contributed by atoms with Gasteiger partial charge in [-0.25, -0.2) is 0 Å². The van der Waals surface area contributed by atoms with Crippen molar-refractivity contribution >= 4 is 11.9 Å². The van der Waals surface area contributed by atoms with Gasteiger partial charge in [0, 0.05) is 12.0 Å². The first kappa shape index (κ1) is 20.4. The van der Waals surface area contributed by atoms with Gasteiger partial charge in [0.2, 0.25) is 11.7 Å². The summed E-state index contributed by atoms with van der Waals surface area (Å²) >= 11 is 0. The van der Waals surface area contributed by atoms with Crippen LogP contribution in [0.5, 0.6) is 5.75 Å². The van der Waals surface area contributed by atoms with Crippen LogP contribution in [0.15, 0.2) is 28.8 Å². The minimum Gasteiger partial charge on any atom is -0.485 e. The first-order valence-corrected chi connectivity index (χ1v) is 9.00. The summed E-state index contributed by atoms with van der Waals surface area (Å²) in [6.07, 6.45) is 1.62. The lowest BCUT2D eigenvalue weighted by Gasteiger charge is -2.31. The number of carboxylic acid groups (broad SMARTS) is 1. The molecule has 0 radical (unpaired) electrons. The summed E-state index contributed by atoms with van der Waals surface area (Å²) in [4.78, 5) is 27.8. The normalized spacial score (nSPS) is 11.2. The molecule has 27 heavy (non-hydrogen) atoms. The number of rotatable bonds is 10. The molecule has 0 aliphatic heterocycles. The van der Waals surface area contributed by atoms with E-state index in [1.807, 2.05) is 20.8 Å². The zero-order valence-corrected chi connectivity index (χ0v) is 15.8. The van der Waals surface area contributed by atoms with Gasteiger partial charge in [0.15, 0.2) is 6.61 Å². The Hall–Kier alpha value is -2.90. The van der Waals surface area contributed by atoms with Crippen LogP contribution in [0.3, 0.4) is 0 Å². The molecule has 2 rings (SSSR count). The molecule has 0 bridgehead atoms. The van der Waals surface area contributed by atoms with Crippen LogP contribution in [0.25, 0.3) is 0 Å². The molecule has 8 nitrogen and oxygen atoms in total. The number of aromatic nitrogens is 2. The van der Waals surface area contributed by atoms with Crippen molar-refractivity contribution in [3.05, 3.63) is 41.5 Å². The maximum atomic E-state index is 12.5. The van der Waals surface area contributed by atoms with Crippen molar-refractivity contribution < 1.29 is 24.0 Å². The fourth-order valence-electron chi connectivity index (χ4n) is 2.67. The molecule has 0 saturated heterocycles. The molecule has 0 aliphatic rings. The van der Waals surface area contributed by atoms with E-state index in [4.69, 9.17) is 14.4 Å². The molecule has 2 N–H and O–H groups in total. The molecule has 1 aromatic heterocycles. The maximum absolute atomic E-state index is 12.5. The quantitative estimate of drug-likeness (QED) is 0.656. The van der Waals surface area contributed by atoms with Crippen molar-refractivity contribution in [3.8, 4) is 5.75 Å². The summed E-state index contributed by atoms with van der Waals surface area (Å²) in [5, 5.41) is 15.8. The third-order valence-electron chi connectivity index (χ3n) is 4.52. The third kappa shape index (κ3) is 5.54. The van der Waals surface area contributed by atoms with Crippen molar-refractivity contribution in [2.75, 3.05) is 0 Å². The molecule has 2 aromatic rings. The zero-order valence-electron chi connectivity index (χ0n) is 15.8. The van der Waals surface area contributed by atoms with Gasteiger partial charge < -0.3 is 19.7 Å². The molecule has 146 valence electrons. The zero-order chi connectivity index (χ0) is 19.9. The van der Waals surface area contributed by atoms with Crippen LogP contribution < -0.4 is 10.1 Å². The highest BCUT2D eigenvalue weighted by atomic mass is 16.5. The van der Waals surface area contributed by atoms with Gasteiger partial charge in [0.25, 0.3) is 5.91 Å². The Morgan fingerprint density at radius 2 is 1.85 bits per heavy atom. The molecule has 0 atom stereocenters. The highest BCUT2D eigenvalue weighted by Gasteiger charge is 2.31. The molecule has 0 spiro atoms. The van der Waals surface area contributed by atoms with E-state index in [1.165, 1.54) is 0 Å². The van der Waals surface area contributed by atoms with Gasteiger partial charge in [-0.05, 0) is 37.1 Å². The molecular formula is C19H25N3O5. The SMILES string of the molecule is CCc1nc(COc2ccc(C(=O)NC(CC)(CC)CC(=O)O)cc2)no1. The Kier molecular flexibility index (Phi) is 6.92. The smallest absolute Gasteiger partial charge is 0.305 e. The number of carbonyl (C=O) groups is 2. The maximum Gasteiger partial charge on any atom is 0.305 e. The summed E-state index contributed by atoms with van der Waals surface area (Å²) in [6.45, 7) is 5.82. The van der Waals surface area contributed by atoms with E-state index in [9.17, 15) is 9.59 Å². The summed E-state index contributed by atoms with van der Waals surface area (Å²) in [5.41, 5.74) is -0.319. The number of hydrogen-bond acceptors (Lipinski definition) is 6. The predicted octanol–water partition coefficient (Wildman–Crippen LogP) is 2.97. The second-order valence-corrected chi connectivity index (χ2v) is 6.28. The average Bonchev–Trinajstić information content (AvgIpc) is 3.14.